The van der Waals surface area contributed by atoms with Gasteiger partial charge in [0.1, 0.15) is 5.69 Å². The van der Waals surface area contributed by atoms with Crippen LogP contribution in [0.5, 0.6) is 0 Å². The van der Waals surface area contributed by atoms with Crippen LogP contribution in [-0.4, -0.2) is 31.9 Å². The van der Waals surface area contributed by atoms with Gasteiger partial charge in [-0.05, 0) is 13.8 Å². The van der Waals surface area contributed by atoms with Crippen LogP contribution in [-0.2, 0) is 0 Å². The quantitative estimate of drug-likeness (QED) is 0.751. The summed E-state index contributed by atoms with van der Waals surface area (Å²) in [6.45, 7) is 3.45. The molecule has 1 aromatic rings. The van der Waals surface area contributed by atoms with Gasteiger partial charge in [0.05, 0.1) is 0 Å². The molecule has 0 atom stereocenters. The largest absolute Gasteiger partial charge is 0.477 e. The van der Waals surface area contributed by atoms with Gasteiger partial charge < -0.3 is 10.2 Å². The van der Waals surface area contributed by atoms with Crippen LogP contribution in [0.1, 0.15) is 40.9 Å². The Bertz CT molecular complexity index is 381. The van der Waals surface area contributed by atoms with E-state index in [1.54, 1.807) is 13.8 Å². The molecule has 6 heteroatoms. The van der Waals surface area contributed by atoms with Crippen LogP contribution in [0, 0.1) is 0 Å². The molecule has 0 aromatic carbocycles. The summed E-state index contributed by atoms with van der Waals surface area (Å²) in [5.74, 6) is -2.41. The molecular formula is C8H10N2O4. The molecule has 2 N–H and O–H groups in total. The lowest BCUT2D eigenvalue weighted by molar-refractivity contribution is 0.0673. The third-order valence-electron chi connectivity index (χ3n) is 1.66. The maximum atomic E-state index is 10.7. The van der Waals surface area contributed by atoms with E-state index in [-0.39, 0.29) is 17.4 Å². The second-order valence-electron chi connectivity index (χ2n) is 3.06. The summed E-state index contributed by atoms with van der Waals surface area (Å²) in [5.41, 5.74) is -0.367. The highest BCUT2D eigenvalue weighted by Gasteiger charge is 2.19. The number of hydrogen-bond acceptors (Lipinski definition) is 3. The van der Waals surface area contributed by atoms with Gasteiger partial charge in [0, 0.05) is 12.1 Å². The van der Waals surface area contributed by atoms with Crippen molar-refractivity contribution < 1.29 is 19.8 Å². The van der Waals surface area contributed by atoms with Crippen molar-refractivity contribution in [2.24, 2.45) is 0 Å². The van der Waals surface area contributed by atoms with E-state index in [2.05, 4.69) is 5.10 Å². The van der Waals surface area contributed by atoms with Crippen LogP contribution >= 0.6 is 0 Å². The minimum Gasteiger partial charge on any atom is -0.477 e. The van der Waals surface area contributed by atoms with Crippen molar-refractivity contribution in [2.45, 2.75) is 19.9 Å². The Labute approximate surface area is 79.8 Å². The Balaban J connectivity index is 3.26. The average molecular weight is 198 g/mol. The van der Waals surface area contributed by atoms with Crippen LogP contribution in [0.4, 0.5) is 0 Å². The Morgan fingerprint density at radius 2 is 1.93 bits per heavy atom. The van der Waals surface area contributed by atoms with E-state index < -0.39 is 11.9 Å². The van der Waals surface area contributed by atoms with Crippen molar-refractivity contribution in [1.82, 2.24) is 9.78 Å². The average Bonchev–Trinajstić information content (AvgIpc) is 2.47. The third-order valence-corrected chi connectivity index (χ3v) is 1.66. The molecule has 1 rings (SSSR count). The summed E-state index contributed by atoms with van der Waals surface area (Å²) in [5, 5.41) is 21.0. The van der Waals surface area contributed by atoms with Crippen LogP contribution in [0.2, 0.25) is 0 Å². The van der Waals surface area contributed by atoms with Gasteiger partial charge in [-0.25, -0.2) is 9.59 Å². The van der Waals surface area contributed by atoms with Crippen molar-refractivity contribution in [1.29, 1.82) is 0 Å². The number of nitrogens with zero attached hydrogens (tertiary/aromatic N) is 2. The Morgan fingerprint density at radius 3 is 2.21 bits per heavy atom. The summed E-state index contributed by atoms with van der Waals surface area (Å²) in [6, 6.07) is 0.860. The lowest BCUT2D eigenvalue weighted by atomic mass is 10.3. The number of aromatic nitrogens is 2. The number of carboxylic acid groups (broad SMARTS) is 2. The predicted molar refractivity (Wildman–Crippen MR) is 46.5 cm³/mol. The minimum absolute atomic E-state index is 0.114. The van der Waals surface area contributed by atoms with Gasteiger partial charge in [0.2, 0.25) is 0 Å². The highest BCUT2D eigenvalue weighted by molar-refractivity contribution is 5.91. The molecule has 0 aliphatic carbocycles. The second kappa shape index (κ2) is 3.49. The van der Waals surface area contributed by atoms with Crippen molar-refractivity contribution in [3.05, 3.63) is 17.5 Å². The SMILES string of the molecule is CC(C)n1nc(C(=O)O)cc1C(=O)O. The molecule has 0 saturated heterocycles. The number of carbonyl (C=O) groups is 2. The fourth-order valence-corrected chi connectivity index (χ4v) is 1.05. The highest BCUT2D eigenvalue weighted by Crippen LogP contribution is 2.11. The molecule has 1 aromatic heterocycles. The smallest absolute Gasteiger partial charge is 0.356 e. The fraction of sp³-hybridized carbons (Fsp3) is 0.375. The number of rotatable bonds is 3. The van der Waals surface area contributed by atoms with E-state index in [0.717, 1.165) is 6.07 Å². The molecule has 6 nitrogen and oxygen atoms in total. The normalized spacial score (nSPS) is 10.5. The van der Waals surface area contributed by atoms with Gasteiger partial charge >= 0.3 is 11.9 Å². The first-order valence-electron chi connectivity index (χ1n) is 3.99. The van der Waals surface area contributed by atoms with E-state index in [4.69, 9.17) is 10.2 Å². The van der Waals surface area contributed by atoms with Crippen molar-refractivity contribution >= 4 is 11.9 Å². The van der Waals surface area contributed by atoms with E-state index in [1.165, 1.54) is 4.68 Å². The first-order chi connectivity index (χ1) is 6.43. The first kappa shape index (κ1) is 10.2. The molecule has 0 bridgehead atoms. The molecule has 0 saturated carbocycles. The van der Waals surface area contributed by atoms with E-state index in [1.807, 2.05) is 0 Å². The van der Waals surface area contributed by atoms with Crippen molar-refractivity contribution in [3.63, 3.8) is 0 Å². The summed E-state index contributed by atoms with van der Waals surface area (Å²) >= 11 is 0. The zero-order chi connectivity index (χ0) is 10.9. The van der Waals surface area contributed by atoms with E-state index in [9.17, 15) is 9.59 Å². The second-order valence-corrected chi connectivity index (χ2v) is 3.06. The first-order valence-corrected chi connectivity index (χ1v) is 3.99. The summed E-state index contributed by atoms with van der Waals surface area (Å²) in [6.07, 6.45) is 0. The van der Waals surface area contributed by atoms with Crippen molar-refractivity contribution in [2.75, 3.05) is 0 Å². The van der Waals surface area contributed by atoms with Crippen LogP contribution in [0.25, 0.3) is 0 Å². The molecule has 0 amide bonds. The van der Waals surface area contributed by atoms with E-state index in [0.29, 0.717) is 0 Å². The monoisotopic (exact) mass is 198 g/mol. The Hall–Kier alpha value is -1.85. The Kier molecular flexibility index (Phi) is 2.55. The van der Waals surface area contributed by atoms with Gasteiger partial charge in [-0.1, -0.05) is 0 Å². The van der Waals surface area contributed by atoms with Gasteiger partial charge in [-0.3, -0.25) is 4.68 Å². The molecule has 14 heavy (non-hydrogen) atoms. The molecule has 1 heterocycles. The highest BCUT2D eigenvalue weighted by atomic mass is 16.4. The predicted octanol–water partition coefficient (Wildman–Crippen LogP) is 0.860. The molecule has 0 radical (unpaired) electrons. The molecule has 0 aliphatic heterocycles. The lowest BCUT2D eigenvalue weighted by Crippen LogP contribution is -2.12. The molecular weight excluding hydrogens is 188 g/mol. The van der Waals surface area contributed by atoms with Crippen LogP contribution in [0.15, 0.2) is 6.07 Å². The molecule has 0 unspecified atom stereocenters. The number of hydrogen-bond donors (Lipinski definition) is 2. The zero-order valence-electron chi connectivity index (χ0n) is 7.76. The van der Waals surface area contributed by atoms with Gasteiger partial charge in [0.25, 0.3) is 0 Å². The zero-order valence-corrected chi connectivity index (χ0v) is 7.76. The van der Waals surface area contributed by atoms with Gasteiger partial charge in [0.15, 0.2) is 5.69 Å². The molecule has 0 aliphatic rings. The number of aromatic carboxylic acids is 2. The molecule has 76 valence electrons. The Morgan fingerprint density at radius 1 is 1.36 bits per heavy atom. The summed E-state index contributed by atoms with van der Waals surface area (Å²) in [7, 11) is 0. The van der Waals surface area contributed by atoms with Crippen LogP contribution < -0.4 is 0 Å². The third kappa shape index (κ3) is 1.73. The minimum atomic E-state index is -1.23. The standard InChI is InChI=1S/C8H10N2O4/c1-4(2)10-6(8(13)14)3-5(9-10)7(11)12/h3-4H,1-2H3,(H,11,12)(H,13,14). The van der Waals surface area contributed by atoms with Crippen molar-refractivity contribution in [3.8, 4) is 0 Å². The summed E-state index contributed by atoms with van der Waals surface area (Å²) < 4.78 is 1.17. The van der Waals surface area contributed by atoms with E-state index >= 15 is 0 Å². The van der Waals surface area contributed by atoms with Gasteiger partial charge in [-0.15, -0.1) is 0 Å². The maximum Gasteiger partial charge on any atom is 0.356 e. The molecule has 0 spiro atoms. The molecule has 0 fully saturated rings. The maximum absolute atomic E-state index is 10.7. The fourth-order valence-electron chi connectivity index (χ4n) is 1.05. The number of carboxylic acids is 2. The van der Waals surface area contributed by atoms with Gasteiger partial charge in [-0.2, -0.15) is 5.10 Å². The summed E-state index contributed by atoms with van der Waals surface area (Å²) in [4.78, 5) is 21.3. The topological polar surface area (TPSA) is 92.4 Å². The lowest BCUT2D eigenvalue weighted by Gasteiger charge is -2.06. The van der Waals surface area contributed by atoms with Crippen LogP contribution in [0.3, 0.4) is 0 Å².